The second-order valence-corrected chi connectivity index (χ2v) is 4.68. The number of amides is 1. The highest BCUT2D eigenvalue weighted by Crippen LogP contribution is 2.19. The molecule has 2 rings (SSSR count). The molecule has 1 saturated heterocycles. The van der Waals surface area contributed by atoms with Crippen LogP contribution < -0.4 is 5.32 Å². The number of carboxylic acid groups (broad SMARTS) is 1. The summed E-state index contributed by atoms with van der Waals surface area (Å²) < 4.78 is 5.40. The third-order valence-electron chi connectivity index (χ3n) is 3.21. The molecule has 0 aromatic heterocycles. The van der Waals surface area contributed by atoms with Gasteiger partial charge in [-0.1, -0.05) is 6.07 Å². The van der Waals surface area contributed by atoms with Crippen molar-refractivity contribution in [2.24, 2.45) is 0 Å². The van der Waals surface area contributed by atoms with E-state index in [0.717, 1.165) is 18.4 Å². The van der Waals surface area contributed by atoms with Crippen LogP contribution in [0, 0.1) is 6.92 Å². The molecule has 1 fully saturated rings. The zero-order valence-corrected chi connectivity index (χ0v) is 10.8. The number of ether oxygens (including phenoxy) is 1. The van der Waals surface area contributed by atoms with Crippen LogP contribution >= 0.6 is 0 Å². The Morgan fingerprint density at radius 1 is 1.37 bits per heavy atom. The summed E-state index contributed by atoms with van der Waals surface area (Å²) in [6.07, 6.45) is 2.24. The number of carbonyl (C=O) groups excluding carboxylic acids is 1. The van der Waals surface area contributed by atoms with E-state index in [-0.39, 0.29) is 11.5 Å². The lowest BCUT2D eigenvalue weighted by atomic mass is 10.1. The maximum atomic E-state index is 12.0. The van der Waals surface area contributed by atoms with Gasteiger partial charge in [-0.05, 0) is 43.9 Å². The molecule has 1 heterocycles. The summed E-state index contributed by atoms with van der Waals surface area (Å²) in [5.74, 6) is -1.21. The predicted octanol–water partition coefficient (Wildman–Crippen LogP) is 2.20. The van der Waals surface area contributed by atoms with Gasteiger partial charge in [0.25, 0.3) is 5.91 Å². The summed E-state index contributed by atoms with van der Waals surface area (Å²) in [6, 6.07) is 4.67. The summed E-state index contributed by atoms with van der Waals surface area (Å²) in [7, 11) is 0. The van der Waals surface area contributed by atoms with E-state index in [4.69, 9.17) is 9.84 Å². The van der Waals surface area contributed by atoms with Gasteiger partial charge in [-0.25, -0.2) is 4.79 Å². The van der Waals surface area contributed by atoms with E-state index in [9.17, 15) is 9.59 Å². The molecule has 1 unspecified atom stereocenters. The van der Waals surface area contributed by atoms with Crippen LogP contribution in [0.25, 0.3) is 0 Å². The van der Waals surface area contributed by atoms with Crippen LogP contribution in [0.5, 0.6) is 0 Å². The lowest BCUT2D eigenvalue weighted by Crippen LogP contribution is -2.33. The van der Waals surface area contributed by atoms with Gasteiger partial charge in [-0.15, -0.1) is 0 Å². The van der Waals surface area contributed by atoms with Crippen LogP contribution in [-0.2, 0) is 9.53 Å². The van der Waals surface area contributed by atoms with Crippen molar-refractivity contribution in [1.29, 1.82) is 0 Å². The topological polar surface area (TPSA) is 75.6 Å². The first-order valence-corrected chi connectivity index (χ1v) is 6.34. The number of rotatable bonds is 3. The van der Waals surface area contributed by atoms with Crippen molar-refractivity contribution in [3.05, 3.63) is 29.3 Å². The van der Waals surface area contributed by atoms with E-state index in [1.54, 1.807) is 6.07 Å². The number of carbonyl (C=O) groups is 2. The van der Waals surface area contributed by atoms with Crippen LogP contribution in [0.2, 0.25) is 0 Å². The highest BCUT2D eigenvalue weighted by atomic mass is 16.5. The van der Waals surface area contributed by atoms with E-state index in [1.807, 2.05) is 6.92 Å². The first kappa shape index (κ1) is 13.5. The summed E-state index contributed by atoms with van der Waals surface area (Å²) in [4.78, 5) is 22.9. The van der Waals surface area contributed by atoms with Gasteiger partial charge in [0, 0.05) is 12.3 Å². The molecule has 1 amide bonds. The number of anilines is 1. The van der Waals surface area contributed by atoms with Crippen molar-refractivity contribution in [3.8, 4) is 0 Å². The van der Waals surface area contributed by atoms with E-state index < -0.39 is 12.1 Å². The Bertz CT molecular complexity index is 492. The molecule has 1 aliphatic rings. The molecule has 5 heteroatoms. The summed E-state index contributed by atoms with van der Waals surface area (Å²) >= 11 is 0. The van der Waals surface area contributed by atoms with Crippen molar-refractivity contribution in [1.82, 2.24) is 0 Å². The molecular weight excluding hydrogens is 246 g/mol. The van der Waals surface area contributed by atoms with E-state index in [0.29, 0.717) is 18.7 Å². The molecule has 5 nitrogen and oxygen atoms in total. The van der Waals surface area contributed by atoms with Crippen LogP contribution in [0.15, 0.2) is 18.2 Å². The van der Waals surface area contributed by atoms with Gasteiger partial charge in [0.1, 0.15) is 6.10 Å². The molecule has 0 aliphatic carbocycles. The Morgan fingerprint density at radius 3 is 2.79 bits per heavy atom. The van der Waals surface area contributed by atoms with Gasteiger partial charge in [0.2, 0.25) is 0 Å². The molecule has 1 atom stereocenters. The lowest BCUT2D eigenvalue weighted by molar-refractivity contribution is -0.129. The van der Waals surface area contributed by atoms with Gasteiger partial charge < -0.3 is 15.2 Å². The number of hydrogen-bond donors (Lipinski definition) is 2. The van der Waals surface area contributed by atoms with Crippen LogP contribution in [0.4, 0.5) is 5.69 Å². The Morgan fingerprint density at radius 2 is 2.16 bits per heavy atom. The highest BCUT2D eigenvalue weighted by Gasteiger charge is 2.22. The highest BCUT2D eigenvalue weighted by molar-refractivity contribution is 5.96. The zero-order valence-electron chi connectivity index (χ0n) is 10.8. The van der Waals surface area contributed by atoms with Gasteiger partial charge in [-0.3, -0.25) is 4.79 Å². The Kier molecular flexibility index (Phi) is 4.16. The first-order valence-electron chi connectivity index (χ1n) is 6.34. The fourth-order valence-electron chi connectivity index (χ4n) is 2.05. The SMILES string of the molecule is Cc1ccc(C(=O)O)cc1NC(=O)C1CCCCO1. The van der Waals surface area contributed by atoms with Gasteiger partial charge >= 0.3 is 5.97 Å². The Balaban J connectivity index is 2.11. The minimum Gasteiger partial charge on any atom is -0.478 e. The maximum Gasteiger partial charge on any atom is 0.335 e. The second kappa shape index (κ2) is 5.84. The van der Waals surface area contributed by atoms with Crippen molar-refractivity contribution < 1.29 is 19.4 Å². The summed E-state index contributed by atoms with van der Waals surface area (Å²) in [5, 5.41) is 11.7. The first-order chi connectivity index (χ1) is 9.08. The average Bonchev–Trinajstić information content (AvgIpc) is 2.42. The lowest BCUT2D eigenvalue weighted by Gasteiger charge is -2.22. The standard InChI is InChI=1S/C14H17NO4/c1-9-5-6-10(14(17)18)8-11(9)15-13(16)12-4-2-3-7-19-12/h5-6,8,12H,2-4,7H2,1H3,(H,15,16)(H,17,18). The quantitative estimate of drug-likeness (QED) is 0.876. The summed E-state index contributed by atoms with van der Waals surface area (Å²) in [6.45, 7) is 2.43. The number of nitrogens with one attached hydrogen (secondary N) is 1. The molecule has 0 saturated carbocycles. The van der Waals surface area contributed by atoms with Crippen molar-refractivity contribution in [2.45, 2.75) is 32.3 Å². The largest absolute Gasteiger partial charge is 0.478 e. The molecule has 0 radical (unpaired) electrons. The fourth-order valence-corrected chi connectivity index (χ4v) is 2.05. The van der Waals surface area contributed by atoms with Crippen LogP contribution in [0.3, 0.4) is 0 Å². The van der Waals surface area contributed by atoms with E-state index in [1.165, 1.54) is 12.1 Å². The third-order valence-corrected chi connectivity index (χ3v) is 3.21. The number of hydrogen-bond acceptors (Lipinski definition) is 3. The molecule has 1 aliphatic heterocycles. The molecular formula is C14H17NO4. The molecule has 0 spiro atoms. The van der Waals surface area contributed by atoms with Crippen molar-refractivity contribution in [2.75, 3.05) is 11.9 Å². The molecule has 1 aromatic carbocycles. The second-order valence-electron chi connectivity index (χ2n) is 4.68. The van der Waals surface area contributed by atoms with E-state index >= 15 is 0 Å². The van der Waals surface area contributed by atoms with Gasteiger partial charge in [0.05, 0.1) is 5.56 Å². The van der Waals surface area contributed by atoms with E-state index in [2.05, 4.69) is 5.32 Å². The number of carboxylic acids is 1. The Labute approximate surface area is 111 Å². The smallest absolute Gasteiger partial charge is 0.335 e. The number of aryl methyl sites for hydroxylation is 1. The molecule has 2 N–H and O–H groups in total. The van der Waals surface area contributed by atoms with Gasteiger partial charge in [-0.2, -0.15) is 0 Å². The minimum atomic E-state index is -1.01. The minimum absolute atomic E-state index is 0.158. The van der Waals surface area contributed by atoms with Gasteiger partial charge in [0.15, 0.2) is 0 Å². The third kappa shape index (κ3) is 3.32. The fraction of sp³-hybridized carbons (Fsp3) is 0.429. The normalized spacial score (nSPS) is 18.9. The average molecular weight is 263 g/mol. The van der Waals surface area contributed by atoms with Crippen molar-refractivity contribution >= 4 is 17.6 Å². The summed E-state index contributed by atoms with van der Waals surface area (Å²) in [5.41, 5.74) is 1.51. The molecule has 0 bridgehead atoms. The predicted molar refractivity (Wildman–Crippen MR) is 70.4 cm³/mol. The zero-order chi connectivity index (χ0) is 13.8. The van der Waals surface area contributed by atoms with Crippen molar-refractivity contribution in [3.63, 3.8) is 0 Å². The Hall–Kier alpha value is -1.88. The van der Waals surface area contributed by atoms with Crippen LogP contribution in [-0.4, -0.2) is 29.7 Å². The van der Waals surface area contributed by atoms with Crippen LogP contribution in [0.1, 0.15) is 35.2 Å². The molecule has 102 valence electrons. The number of benzene rings is 1. The number of aromatic carboxylic acids is 1. The monoisotopic (exact) mass is 263 g/mol. The molecule has 19 heavy (non-hydrogen) atoms. The molecule has 1 aromatic rings. The maximum absolute atomic E-state index is 12.0.